The highest BCUT2D eigenvalue weighted by Gasteiger charge is 2.33. The lowest BCUT2D eigenvalue weighted by Gasteiger charge is -2.10. The van der Waals surface area contributed by atoms with E-state index in [0.29, 0.717) is 17.2 Å². The van der Waals surface area contributed by atoms with Gasteiger partial charge in [-0.15, -0.1) is 0 Å². The van der Waals surface area contributed by atoms with Crippen LogP contribution in [0.1, 0.15) is 33.5 Å². The second-order valence-corrected chi connectivity index (χ2v) is 7.86. The van der Waals surface area contributed by atoms with Crippen molar-refractivity contribution in [2.75, 3.05) is 6.54 Å². The van der Waals surface area contributed by atoms with E-state index in [9.17, 15) is 30.8 Å². The molecule has 0 aliphatic carbocycles. The molecule has 0 unspecified atom stereocenters. The third-order valence-corrected chi connectivity index (χ3v) is 5.48. The number of alkyl halides is 3. The second-order valence-electron chi connectivity index (χ2n) is 6.10. The van der Waals surface area contributed by atoms with E-state index in [1.54, 1.807) is 0 Å². The van der Waals surface area contributed by atoms with Gasteiger partial charge in [-0.25, -0.2) is 22.3 Å². The molecule has 0 atom stereocenters. The summed E-state index contributed by atoms with van der Waals surface area (Å²) < 4.78 is 77.9. The second kappa shape index (κ2) is 8.27. The van der Waals surface area contributed by atoms with E-state index >= 15 is 0 Å². The Morgan fingerprint density at radius 2 is 1.82 bits per heavy atom. The Kier molecular flexibility index (Phi) is 6.45. The lowest BCUT2D eigenvalue weighted by atomic mass is 10.1. The number of halogens is 4. The van der Waals surface area contributed by atoms with Crippen molar-refractivity contribution in [3.05, 3.63) is 64.5 Å². The van der Waals surface area contributed by atoms with E-state index in [2.05, 4.69) is 4.72 Å². The molecule has 0 radical (unpaired) electrons. The van der Waals surface area contributed by atoms with Crippen LogP contribution in [0.25, 0.3) is 0 Å². The van der Waals surface area contributed by atoms with E-state index < -0.39 is 33.5 Å². The van der Waals surface area contributed by atoms with Gasteiger partial charge in [0.05, 0.1) is 16.0 Å². The van der Waals surface area contributed by atoms with Crippen molar-refractivity contribution in [3.8, 4) is 0 Å². The molecule has 2 aromatic rings. The van der Waals surface area contributed by atoms with Gasteiger partial charge in [0, 0.05) is 6.54 Å². The number of hydrogen-bond acceptors (Lipinski definition) is 3. The molecule has 0 aromatic heterocycles. The van der Waals surface area contributed by atoms with Crippen molar-refractivity contribution in [2.45, 2.75) is 30.8 Å². The van der Waals surface area contributed by atoms with Crippen molar-refractivity contribution in [3.63, 3.8) is 0 Å². The average Bonchev–Trinajstić information content (AvgIpc) is 2.57. The van der Waals surface area contributed by atoms with Crippen molar-refractivity contribution in [2.24, 2.45) is 0 Å². The highest BCUT2D eigenvalue weighted by molar-refractivity contribution is 7.89. The standard InChI is InChI=1S/C18H17F4NO4S/c1-11-4-6-13(10-14(11)17(24)25)28(26,27)23-8-2-3-12-5-7-15(16(19)9-12)18(20,21)22/h4-7,9-10,23H,2-3,8H2,1H3,(H,24,25). The third kappa shape index (κ3) is 5.29. The first-order valence-corrected chi connectivity index (χ1v) is 9.59. The maximum Gasteiger partial charge on any atom is 0.419 e. The summed E-state index contributed by atoms with van der Waals surface area (Å²) in [6.45, 7) is 1.48. The molecule has 0 saturated carbocycles. The monoisotopic (exact) mass is 419 g/mol. The zero-order valence-electron chi connectivity index (χ0n) is 14.7. The molecule has 0 aliphatic heterocycles. The number of carbonyl (C=O) groups is 1. The summed E-state index contributed by atoms with van der Waals surface area (Å²) in [7, 11) is -3.96. The van der Waals surface area contributed by atoms with Crippen LogP contribution in [0, 0.1) is 12.7 Å². The normalized spacial score (nSPS) is 12.2. The molecule has 10 heteroatoms. The molecule has 0 fully saturated rings. The summed E-state index contributed by atoms with van der Waals surface area (Å²) in [5, 5.41) is 9.07. The number of carboxylic acids is 1. The van der Waals surface area contributed by atoms with Crippen LogP contribution in [-0.4, -0.2) is 26.0 Å². The van der Waals surface area contributed by atoms with Gasteiger partial charge in [-0.2, -0.15) is 13.2 Å². The molecule has 28 heavy (non-hydrogen) atoms. The summed E-state index contributed by atoms with van der Waals surface area (Å²) >= 11 is 0. The van der Waals surface area contributed by atoms with Crippen LogP contribution >= 0.6 is 0 Å². The van der Waals surface area contributed by atoms with Gasteiger partial charge in [0.25, 0.3) is 0 Å². The molecule has 0 aliphatic rings. The van der Waals surface area contributed by atoms with Gasteiger partial charge in [0.2, 0.25) is 10.0 Å². The van der Waals surface area contributed by atoms with Crippen molar-refractivity contribution in [1.82, 2.24) is 4.72 Å². The Hall–Kier alpha value is -2.46. The van der Waals surface area contributed by atoms with Crippen LogP contribution in [-0.2, 0) is 22.6 Å². The molecule has 0 amide bonds. The van der Waals surface area contributed by atoms with Gasteiger partial charge >= 0.3 is 12.1 Å². The fourth-order valence-corrected chi connectivity index (χ4v) is 3.62. The topological polar surface area (TPSA) is 83.5 Å². The lowest BCUT2D eigenvalue weighted by molar-refractivity contribution is -0.140. The Bertz CT molecular complexity index is 988. The number of sulfonamides is 1. The van der Waals surface area contributed by atoms with Gasteiger partial charge in [-0.1, -0.05) is 12.1 Å². The van der Waals surface area contributed by atoms with E-state index in [-0.39, 0.29) is 29.8 Å². The number of carboxylic acid groups (broad SMARTS) is 1. The number of aryl methyl sites for hydroxylation is 2. The van der Waals surface area contributed by atoms with Gasteiger partial charge in [-0.3, -0.25) is 0 Å². The summed E-state index contributed by atoms with van der Waals surface area (Å²) in [5.74, 6) is -2.63. The van der Waals surface area contributed by atoms with Gasteiger partial charge < -0.3 is 5.11 Å². The maximum atomic E-state index is 13.5. The number of rotatable bonds is 7. The molecular weight excluding hydrogens is 402 g/mol. The highest BCUT2D eigenvalue weighted by atomic mass is 32.2. The molecule has 2 N–H and O–H groups in total. The number of aromatic carboxylic acids is 1. The quantitative estimate of drug-likeness (QED) is 0.529. The SMILES string of the molecule is Cc1ccc(S(=O)(=O)NCCCc2ccc(C(F)(F)F)c(F)c2)cc1C(=O)O. The van der Waals surface area contributed by atoms with Crippen molar-refractivity contribution in [1.29, 1.82) is 0 Å². The first-order valence-electron chi connectivity index (χ1n) is 8.11. The van der Waals surface area contributed by atoms with Crippen LogP contribution in [0.5, 0.6) is 0 Å². The number of nitrogens with one attached hydrogen (secondary N) is 1. The van der Waals surface area contributed by atoms with Crippen LogP contribution < -0.4 is 4.72 Å². The molecule has 0 bridgehead atoms. The molecule has 2 aromatic carbocycles. The molecule has 5 nitrogen and oxygen atoms in total. The van der Waals surface area contributed by atoms with Gasteiger partial charge in [-0.05, 0) is 55.2 Å². The van der Waals surface area contributed by atoms with Gasteiger partial charge in [0.1, 0.15) is 5.82 Å². The van der Waals surface area contributed by atoms with E-state index in [1.165, 1.54) is 19.1 Å². The fourth-order valence-electron chi connectivity index (χ4n) is 2.53. The predicted octanol–water partition coefficient (Wildman–Crippen LogP) is 3.76. The van der Waals surface area contributed by atoms with E-state index in [0.717, 1.165) is 18.2 Å². The third-order valence-electron chi connectivity index (χ3n) is 4.02. The number of hydrogen-bond donors (Lipinski definition) is 2. The van der Waals surface area contributed by atoms with E-state index in [4.69, 9.17) is 5.11 Å². The zero-order valence-corrected chi connectivity index (χ0v) is 15.5. The lowest BCUT2D eigenvalue weighted by Crippen LogP contribution is -2.25. The number of benzene rings is 2. The summed E-state index contributed by atoms with van der Waals surface area (Å²) in [6, 6.07) is 6.26. The Morgan fingerprint density at radius 1 is 1.14 bits per heavy atom. The Labute approximate surface area is 159 Å². The largest absolute Gasteiger partial charge is 0.478 e. The van der Waals surface area contributed by atoms with Crippen LogP contribution in [0.4, 0.5) is 17.6 Å². The minimum absolute atomic E-state index is 0.0543. The minimum Gasteiger partial charge on any atom is -0.478 e. The van der Waals surface area contributed by atoms with E-state index in [1.807, 2.05) is 0 Å². The Balaban J connectivity index is 1.99. The Morgan fingerprint density at radius 3 is 2.39 bits per heavy atom. The first-order chi connectivity index (χ1) is 12.9. The maximum absolute atomic E-state index is 13.5. The molecule has 0 saturated heterocycles. The first kappa shape index (κ1) is 21.8. The summed E-state index contributed by atoms with van der Waals surface area (Å²) in [4.78, 5) is 10.9. The smallest absolute Gasteiger partial charge is 0.419 e. The molecule has 0 heterocycles. The molecule has 2 rings (SSSR count). The van der Waals surface area contributed by atoms with Crippen molar-refractivity contribution >= 4 is 16.0 Å². The highest BCUT2D eigenvalue weighted by Crippen LogP contribution is 2.31. The minimum atomic E-state index is -4.78. The van der Waals surface area contributed by atoms with Crippen LogP contribution in [0.2, 0.25) is 0 Å². The molecular formula is C18H17F4NO4S. The predicted molar refractivity (Wildman–Crippen MR) is 93.0 cm³/mol. The molecule has 152 valence electrons. The average molecular weight is 419 g/mol. The summed E-state index contributed by atoms with van der Waals surface area (Å²) in [5.41, 5.74) is -0.780. The fraction of sp³-hybridized carbons (Fsp3) is 0.278. The molecule has 0 spiro atoms. The van der Waals surface area contributed by atoms with Crippen LogP contribution in [0.3, 0.4) is 0 Å². The summed E-state index contributed by atoms with van der Waals surface area (Å²) in [6.07, 6.45) is -4.41. The zero-order chi connectivity index (χ0) is 21.1. The van der Waals surface area contributed by atoms with Crippen molar-refractivity contribution < 1.29 is 35.9 Å². The van der Waals surface area contributed by atoms with Crippen LogP contribution in [0.15, 0.2) is 41.3 Å². The van der Waals surface area contributed by atoms with Gasteiger partial charge in [0.15, 0.2) is 0 Å².